The summed E-state index contributed by atoms with van der Waals surface area (Å²) < 4.78 is 28.4. The number of hydrogen-bond acceptors (Lipinski definition) is 10. The zero-order chi connectivity index (χ0) is 26.1. The molecule has 196 valence electrons. The molecule has 12 nitrogen and oxygen atoms in total. The van der Waals surface area contributed by atoms with E-state index in [-0.39, 0.29) is 80.0 Å². The number of carbonyl (C=O) groups is 1. The quantitative estimate of drug-likeness (QED) is 0.0647. The Morgan fingerprint density at radius 2 is 1.82 bits per heavy atom. The van der Waals surface area contributed by atoms with E-state index in [1.165, 1.54) is 24.3 Å². The molecule has 0 spiro atoms. The van der Waals surface area contributed by atoms with Gasteiger partial charge in [0, 0.05) is 21.4 Å². The number of hydrogen-bond donors (Lipinski definition) is 2. The SMILES string of the molecule is C=CS(=O)(=O)c1ccc(O)c(N=N/C(=N\[N-]c2cc(SOO[O-])ccc2C(=O)O)c2ccccc2)c1.[Cu+].[Na+]. The number of rotatable bonds is 10. The number of sulfone groups is 1. The van der Waals surface area contributed by atoms with Crippen LogP contribution in [0.4, 0.5) is 11.4 Å². The van der Waals surface area contributed by atoms with Gasteiger partial charge in [0.25, 0.3) is 0 Å². The van der Waals surface area contributed by atoms with E-state index < -0.39 is 15.8 Å². The number of carboxylic acid groups (broad SMARTS) is 1. The summed E-state index contributed by atoms with van der Waals surface area (Å²) in [5.41, 5.74) is 3.95. The normalized spacial score (nSPS) is 11.3. The molecular formula is C22H16CuN4NaO8S2. The molecule has 2 N–H and O–H groups in total. The molecule has 0 bridgehead atoms. The third-order valence-electron chi connectivity index (χ3n) is 4.39. The fraction of sp³-hybridized carbons (Fsp3) is 0. The summed E-state index contributed by atoms with van der Waals surface area (Å²) in [5, 5.41) is 45.6. The Labute approximate surface area is 254 Å². The molecule has 0 amide bonds. The van der Waals surface area contributed by atoms with Gasteiger partial charge in [0.05, 0.1) is 16.9 Å². The number of aromatic carboxylic acids is 1. The second-order valence-electron chi connectivity index (χ2n) is 6.66. The van der Waals surface area contributed by atoms with E-state index in [0.717, 1.165) is 17.5 Å². The number of nitrogens with zero attached hydrogens (tertiary/aromatic N) is 4. The molecule has 3 aromatic rings. The molecule has 16 heteroatoms. The van der Waals surface area contributed by atoms with Gasteiger partial charge in [-0.2, -0.15) is 4.33 Å². The van der Waals surface area contributed by atoms with Crippen molar-refractivity contribution < 1.29 is 84.7 Å². The number of benzene rings is 3. The molecule has 0 heterocycles. The Morgan fingerprint density at radius 3 is 2.45 bits per heavy atom. The van der Waals surface area contributed by atoms with Gasteiger partial charge in [-0.05, 0) is 30.3 Å². The van der Waals surface area contributed by atoms with Crippen LogP contribution in [-0.2, 0) is 36.3 Å². The molecule has 0 atom stereocenters. The van der Waals surface area contributed by atoms with Crippen LogP contribution in [0.25, 0.3) is 5.43 Å². The Balaban J connectivity index is 0.00000361. The Bertz CT molecular complexity index is 1440. The van der Waals surface area contributed by atoms with Gasteiger partial charge >= 0.3 is 52.6 Å². The smallest absolute Gasteiger partial charge is 0.691 e. The summed E-state index contributed by atoms with van der Waals surface area (Å²) in [7, 11) is -3.79. The van der Waals surface area contributed by atoms with E-state index in [4.69, 9.17) is 0 Å². The van der Waals surface area contributed by atoms with Crippen molar-refractivity contribution in [1.29, 1.82) is 0 Å². The molecule has 0 fully saturated rings. The van der Waals surface area contributed by atoms with E-state index in [1.807, 2.05) is 0 Å². The predicted molar refractivity (Wildman–Crippen MR) is 127 cm³/mol. The minimum absolute atomic E-state index is 0. The zero-order valence-corrected chi connectivity index (χ0v) is 24.0. The molecule has 0 saturated carbocycles. The number of amidine groups is 1. The molecule has 0 aliphatic rings. The van der Waals surface area contributed by atoms with Crippen LogP contribution >= 0.6 is 12.0 Å². The van der Waals surface area contributed by atoms with Gasteiger partial charge in [-0.15, -0.1) is 15.9 Å². The van der Waals surface area contributed by atoms with Crippen LogP contribution in [0.5, 0.6) is 5.75 Å². The molecule has 0 aromatic heterocycles. The first-order valence-corrected chi connectivity index (χ1v) is 12.0. The minimum atomic E-state index is -3.79. The van der Waals surface area contributed by atoms with Crippen LogP contribution in [0, 0.1) is 0 Å². The summed E-state index contributed by atoms with van der Waals surface area (Å²) in [6, 6.07) is 15.7. The predicted octanol–water partition coefficient (Wildman–Crippen LogP) is 1.39. The number of phenolic OH excluding ortho intramolecular Hbond substituents is 1. The van der Waals surface area contributed by atoms with E-state index in [2.05, 4.69) is 36.7 Å². The maximum Gasteiger partial charge on any atom is 1.00 e. The van der Waals surface area contributed by atoms with Crippen LogP contribution in [-0.4, -0.2) is 30.4 Å². The van der Waals surface area contributed by atoms with Crippen molar-refractivity contribution in [2.24, 2.45) is 15.3 Å². The van der Waals surface area contributed by atoms with Crippen molar-refractivity contribution in [1.82, 2.24) is 0 Å². The summed E-state index contributed by atoms with van der Waals surface area (Å²) >= 11 is 0.538. The van der Waals surface area contributed by atoms with Crippen LogP contribution in [0.15, 0.2) is 104 Å². The van der Waals surface area contributed by atoms with Crippen molar-refractivity contribution in [3.63, 3.8) is 0 Å². The second kappa shape index (κ2) is 15.8. The first-order valence-electron chi connectivity index (χ1n) is 9.72. The molecular weight excluding hydrogens is 599 g/mol. The molecule has 3 aromatic carbocycles. The van der Waals surface area contributed by atoms with Gasteiger partial charge < -0.3 is 26.0 Å². The largest absolute Gasteiger partial charge is 1.00 e. The molecule has 0 aliphatic carbocycles. The Kier molecular flexibility index (Phi) is 13.9. The topological polar surface area (TPSA) is 184 Å². The molecule has 0 aliphatic heterocycles. The van der Waals surface area contributed by atoms with Crippen molar-refractivity contribution >= 4 is 45.1 Å². The first-order chi connectivity index (χ1) is 17.2. The number of carboxylic acids is 1. The third-order valence-corrected chi connectivity index (χ3v) is 6.31. The molecule has 3 rings (SSSR count). The van der Waals surface area contributed by atoms with Gasteiger partial charge in [0.15, 0.2) is 15.7 Å². The molecule has 0 radical (unpaired) electrons. The summed E-state index contributed by atoms with van der Waals surface area (Å²) in [6.07, 6.45) is 0. The van der Waals surface area contributed by atoms with Gasteiger partial charge in [-0.25, -0.2) is 13.2 Å². The van der Waals surface area contributed by atoms with Crippen molar-refractivity contribution in [3.8, 4) is 5.75 Å². The van der Waals surface area contributed by atoms with Crippen LogP contribution in [0.1, 0.15) is 15.9 Å². The number of azo groups is 1. The van der Waals surface area contributed by atoms with Crippen molar-refractivity contribution in [3.05, 3.63) is 95.3 Å². The van der Waals surface area contributed by atoms with Crippen molar-refractivity contribution in [2.45, 2.75) is 9.79 Å². The number of phenols is 1. The fourth-order valence-electron chi connectivity index (χ4n) is 2.66. The van der Waals surface area contributed by atoms with Gasteiger partial charge in [0.2, 0.25) is 0 Å². The van der Waals surface area contributed by atoms with E-state index in [0.29, 0.717) is 22.5 Å². The van der Waals surface area contributed by atoms with Crippen LogP contribution in [0.2, 0.25) is 0 Å². The van der Waals surface area contributed by atoms with Crippen LogP contribution < -0.4 is 34.8 Å². The molecule has 38 heavy (non-hydrogen) atoms. The van der Waals surface area contributed by atoms with Gasteiger partial charge in [-0.1, -0.05) is 43.0 Å². The molecule has 0 saturated heterocycles. The standard InChI is InChI=1S/C22H18N4O8S2.Cu.Na/c1-2-36(31,32)16-9-11-20(27)19(13-16)24-26-21(14-6-4-3-5-7-14)25-23-18-12-15(35-34-33-30)8-10-17(18)22(28)29;;/h2-13H,1H2,(H4,23,24,25,26,27,28,29,30);;/q;2*+1/p-2. The number of aromatic hydroxyl groups is 1. The third kappa shape index (κ3) is 9.03. The summed E-state index contributed by atoms with van der Waals surface area (Å²) in [5.74, 6) is -1.71. The monoisotopic (exact) mass is 614 g/mol. The van der Waals surface area contributed by atoms with E-state index in [9.17, 15) is 28.7 Å². The van der Waals surface area contributed by atoms with Crippen molar-refractivity contribution in [2.75, 3.05) is 0 Å². The maximum atomic E-state index is 12.1. The summed E-state index contributed by atoms with van der Waals surface area (Å²) in [6.45, 7) is 3.26. The van der Waals surface area contributed by atoms with E-state index in [1.54, 1.807) is 30.3 Å². The van der Waals surface area contributed by atoms with Gasteiger partial charge in [0.1, 0.15) is 11.4 Å². The fourth-order valence-corrected chi connectivity index (χ4v) is 3.78. The first kappa shape index (κ1) is 33.5. The Hall–Kier alpha value is -2.56. The average molecular weight is 615 g/mol. The second-order valence-corrected chi connectivity index (χ2v) is 9.32. The summed E-state index contributed by atoms with van der Waals surface area (Å²) in [4.78, 5) is 11.7. The van der Waals surface area contributed by atoms with Crippen LogP contribution in [0.3, 0.4) is 0 Å². The molecule has 0 unspecified atom stereocenters. The minimum Gasteiger partial charge on any atom is -0.691 e. The average Bonchev–Trinajstić information content (AvgIpc) is 2.88. The van der Waals surface area contributed by atoms with Gasteiger partial charge in [-0.3, -0.25) is 5.04 Å². The Morgan fingerprint density at radius 1 is 1.11 bits per heavy atom. The maximum absolute atomic E-state index is 12.1. The zero-order valence-electron chi connectivity index (χ0n) is 19.4. The van der Waals surface area contributed by atoms with E-state index >= 15 is 0 Å².